The maximum absolute atomic E-state index is 13.3. The summed E-state index contributed by atoms with van der Waals surface area (Å²) in [6, 6.07) is 11.5. The molecule has 25 heavy (non-hydrogen) atoms. The first-order valence-corrected chi connectivity index (χ1v) is 8.86. The van der Waals surface area contributed by atoms with E-state index in [1.54, 1.807) is 19.2 Å². The van der Waals surface area contributed by atoms with Crippen LogP contribution < -0.4 is 5.32 Å². The van der Waals surface area contributed by atoms with Gasteiger partial charge in [0.05, 0.1) is 5.56 Å². The average Bonchev–Trinajstić information content (AvgIpc) is 3.44. The Kier molecular flexibility index (Phi) is 5.18. The van der Waals surface area contributed by atoms with Gasteiger partial charge in [0.1, 0.15) is 5.82 Å². The zero-order chi connectivity index (χ0) is 18.0. The molecular formula is C19H18BrFN2O2. The zero-order valence-electron chi connectivity index (χ0n) is 13.8. The lowest BCUT2D eigenvalue weighted by molar-refractivity contribution is 0.0728. The number of amides is 2. The van der Waals surface area contributed by atoms with Crippen molar-refractivity contribution in [1.82, 2.24) is 10.2 Å². The van der Waals surface area contributed by atoms with Crippen molar-refractivity contribution in [2.45, 2.75) is 25.4 Å². The van der Waals surface area contributed by atoms with E-state index in [0.717, 1.165) is 18.4 Å². The van der Waals surface area contributed by atoms with Crippen LogP contribution in [-0.2, 0) is 6.54 Å². The Bertz CT molecular complexity index is 804. The molecule has 0 aliphatic heterocycles. The first kappa shape index (κ1) is 17.6. The van der Waals surface area contributed by atoms with Crippen molar-refractivity contribution in [3.05, 3.63) is 69.4 Å². The van der Waals surface area contributed by atoms with Gasteiger partial charge in [-0.15, -0.1) is 0 Å². The maximum atomic E-state index is 13.3. The fourth-order valence-corrected chi connectivity index (χ4v) is 3.19. The van der Waals surface area contributed by atoms with Crippen LogP contribution in [0.3, 0.4) is 0 Å². The predicted octanol–water partition coefficient (Wildman–Crippen LogP) is 3.75. The standard InChI is InChI=1S/C19H18BrFN2O2/c1-22-18(24)13-4-2-12(3-5-13)11-23(15-7-8-15)19(25)16-9-6-14(21)10-17(16)20/h2-6,9-10,15H,7-8,11H2,1H3,(H,22,24). The van der Waals surface area contributed by atoms with Crippen LogP contribution in [0.1, 0.15) is 39.1 Å². The lowest BCUT2D eigenvalue weighted by Gasteiger charge is -2.23. The summed E-state index contributed by atoms with van der Waals surface area (Å²) in [5.74, 6) is -0.646. The molecule has 1 aliphatic carbocycles. The molecule has 2 aromatic carbocycles. The third-order valence-electron chi connectivity index (χ3n) is 4.21. The molecule has 0 bridgehead atoms. The second-order valence-electron chi connectivity index (χ2n) is 6.06. The molecule has 0 saturated heterocycles. The SMILES string of the molecule is CNC(=O)c1ccc(CN(C(=O)c2ccc(F)cc2Br)C2CC2)cc1. The van der Waals surface area contributed by atoms with Gasteiger partial charge in [-0.25, -0.2) is 4.39 Å². The lowest BCUT2D eigenvalue weighted by atomic mass is 10.1. The molecule has 0 unspecified atom stereocenters. The highest BCUT2D eigenvalue weighted by Crippen LogP contribution is 2.31. The Labute approximate surface area is 154 Å². The molecule has 2 aromatic rings. The summed E-state index contributed by atoms with van der Waals surface area (Å²) < 4.78 is 13.7. The Hall–Kier alpha value is -2.21. The number of carbonyl (C=O) groups excluding carboxylic acids is 2. The number of hydrogen-bond acceptors (Lipinski definition) is 2. The van der Waals surface area contributed by atoms with Crippen LogP contribution in [0.25, 0.3) is 0 Å². The largest absolute Gasteiger partial charge is 0.355 e. The molecule has 0 spiro atoms. The minimum atomic E-state index is -0.383. The minimum absolute atomic E-state index is 0.121. The van der Waals surface area contributed by atoms with E-state index >= 15 is 0 Å². The van der Waals surface area contributed by atoms with E-state index in [9.17, 15) is 14.0 Å². The summed E-state index contributed by atoms with van der Waals surface area (Å²) in [5, 5.41) is 2.58. The summed E-state index contributed by atoms with van der Waals surface area (Å²) in [5.41, 5.74) is 1.98. The van der Waals surface area contributed by atoms with Gasteiger partial charge in [-0.05, 0) is 64.7 Å². The van der Waals surface area contributed by atoms with Crippen LogP contribution in [0.15, 0.2) is 46.9 Å². The van der Waals surface area contributed by atoms with Gasteiger partial charge in [0.15, 0.2) is 0 Å². The van der Waals surface area contributed by atoms with E-state index in [4.69, 9.17) is 0 Å². The Balaban J connectivity index is 1.80. The first-order chi connectivity index (χ1) is 12.0. The molecule has 0 heterocycles. The number of nitrogens with one attached hydrogen (secondary N) is 1. The molecule has 1 N–H and O–H groups in total. The van der Waals surface area contributed by atoms with Crippen molar-refractivity contribution in [1.29, 1.82) is 0 Å². The average molecular weight is 405 g/mol. The summed E-state index contributed by atoms with van der Waals surface area (Å²) in [6.45, 7) is 0.460. The predicted molar refractivity (Wildman–Crippen MR) is 96.8 cm³/mol. The van der Waals surface area contributed by atoms with Crippen molar-refractivity contribution in [3.8, 4) is 0 Å². The normalized spacial score (nSPS) is 13.4. The van der Waals surface area contributed by atoms with E-state index in [0.29, 0.717) is 22.1 Å². The van der Waals surface area contributed by atoms with Crippen LogP contribution in [0.2, 0.25) is 0 Å². The van der Waals surface area contributed by atoms with Crippen LogP contribution in [-0.4, -0.2) is 29.8 Å². The van der Waals surface area contributed by atoms with Crippen LogP contribution in [0.4, 0.5) is 4.39 Å². The van der Waals surface area contributed by atoms with Crippen molar-refractivity contribution >= 4 is 27.7 Å². The fraction of sp³-hybridized carbons (Fsp3) is 0.263. The van der Waals surface area contributed by atoms with Crippen molar-refractivity contribution in [3.63, 3.8) is 0 Å². The molecule has 4 nitrogen and oxygen atoms in total. The highest BCUT2D eigenvalue weighted by atomic mass is 79.9. The Morgan fingerprint density at radius 1 is 1.20 bits per heavy atom. The first-order valence-electron chi connectivity index (χ1n) is 8.06. The number of benzene rings is 2. The maximum Gasteiger partial charge on any atom is 0.255 e. The lowest BCUT2D eigenvalue weighted by Crippen LogP contribution is -2.32. The second kappa shape index (κ2) is 7.35. The number of hydrogen-bond donors (Lipinski definition) is 1. The van der Waals surface area contributed by atoms with Gasteiger partial charge in [0.25, 0.3) is 11.8 Å². The third kappa shape index (κ3) is 4.07. The molecular weight excluding hydrogens is 387 g/mol. The van der Waals surface area contributed by atoms with E-state index in [1.807, 2.05) is 17.0 Å². The van der Waals surface area contributed by atoms with Gasteiger partial charge in [0, 0.05) is 29.7 Å². The number of nitrogens with zero attached hydrogens (tertiary/aromatic N) is 1. The third-order valence-corrected chi connectivity index (χ3v) is 4.86. The summed E-state index contributed by atoms with van der Waals surface area (Å²) in [7, 11) is 1.59. The fourth-order valence-electron chi connectivity index (χ4n) is 2.67. The van der Waals surface area contributed by atoms with Gasteiger partial charge in [0.2, 0.25) is 0 Å². The quantitative estimate of drug-likeness (QED) is 0.824. The van der Waals surface area contributed by atoms with Gasteiger partial charge < -0.3 is 10.2 Å². The van der Waals surface area contributed by atoms with E-state index < -0.39 is 0 Å². The van der Waals surface area contributed by atoms with Crippen molar-refractivity contribution in [2.24, 2.45) is 0 Å². The molecule has 6 heteroatoms. The molecule has 0 atom stereocenters. The second-order valence-corrected chi connectivity index (χ2v) is 6.92. The van der Waals surface area contributed by atoms with Crippen molar-refractivity contribution < 1.29 is 14.0 Å². The Morgan fingerprint density at radius 2 is 1.88 bits per heavy atom. The number of halogens is 2. The Morgan fingerprint density at radius 3 is 2.44 bits per heavy atom. The van der Waals surface area contributed by atoms with Gasteiger partial charge >= 0.3 is 0 Å². The van der Waals surface area contributed by atoms with E-state index in [-0.39, 0.29) is 23.7 Å². The molecule has 0 radical (unpaired) electrons. The number of rotatable bonds is 5. The van der Waals surface area contributed by atoms with Crippen molar-refractivity contribution in [2.75, 3.05) is 7.05 Å². The van der Waals surface area contributed by atoms with E-state index in [1.165, 1.54) is 18.2 Å². The molecule has 2 amide bonds. The minimum Gasteiger partial charge on any atom is -0.355 e. The molecule has 1 saturated carbocycles. The zero-order valence-corrected chi connectivity index (χ0v) is 15.3. The number of carbonyl (C=O) groups is 2. The highest BCUT2D eigenvalue weighted by Gasteiger charge is 2.33. The topological polar surface area (TPSA) is 49.4 Å². The summed E-state index contributed by atoms with van der Waals surface area (Å²) in [6.07, 6.45) is 1.95. The molecule has 3 rings (SSSR count). The smallest absolute Gasteiger partial charge is 0.255 e. The van der Waals surface area contributed by atoms with E-state index in [2.05, 4.69) is 21.2 Å². The van der Waals surface area contributed by atoms with Crippen LogP contribution >= 0.6 is 15.9 Å². The molecule has 130 valence electrons. The van der Waals surface area contributed by atoms with Gasteiger partial charge in [-0.3, -0.25) is 9.59 Å². The summed E-state index contributed by atoms with van der Waals surface area (Å²) >= 11 is 3.27. The van der Waals surface area contributed by atoms with Crippen LogP contribution in [0, 0.1) is 5.82 Å². The highest BCUT2D eigenvalue weighted by molar-refractivity contribution is 9.10. The molecule has 1 fully saturated rings. The van der Waals surface area contributed by atoms with Gasteiger partial charge in [-0.1, -0.05) is 12.1 Å². The van der Waals surface area contributed by atoms with Crippen LogP contribution in [0.5, 0.6) is 0 Å². The molecule has 1 aliphatic rings. The summed E-state index contributed by atoms with van der Waals surface area (Å²) in [4.78, 5) is 26.3. The monoisotopic (exact) mass is 404 g/mol. The van der Waals surface area contributed by atoms with Gasteiger partial charge in [-0.2, -0.15) is 0 Å². The molecule has 0 aromatic heterocycles.